The molecular weight excluding hydrogens is 466 g/mol. The van der Waals surface area contributed by atoms with Gasteiger partial charge in [0.15, 0.2) is 0 Å². The third-order valence-electron chi connectivity index (χ3n) is 7.83. The van der Waals surface area contributed by atoms with Crippen molar-refractivity contribution in [2.45, 2.75) is 63.8 Å². The highest BCUT2D eigenvalue weighted by Gasteiger charge is 2.24. The number of aromatic nitrogens is 1. The molecule has 1 aromatic heterocycles. The highest BCUT2D eigenvalue weighted by molar-refractivity contribution is 7.09. The molecular formula is C30H37N3O2S. The Kier molecular flexibility index (Phi) is 8.34. The summed E-state index contributed by atoms with van der Waals surface area (Å²) in [6.07, 6.45) is 9.36. The number of aliphatic carboxylic acids is 1. The number of carbonyl (C=O) groups is 1. The van der Waals surface area contributed by atoms with E-state index in [1.54, 1.807) is 11.3 Å². The van der Waals surface area contributed by atoms with Gasteiger partial charge in [0, 0.05) is 23.2 Å². The molecule has 5 rings (SSSR count). The lowest BCUT2D eigenvalue weighted by Gasteiger charge is -2.29. The van der Waals surface area contributed by atoms with Crippen LogP contribution in [0.2, 0.25) is 0 Å². The highest BCUT2D eigenvalue weighted by Crippen LogP contribution is 2.32. The third kappa shape index (κ3) is 6.54. The molecule has 1 saturated carbocycles. The van der Waals surface area contributed by atoms with E-state index >= 15 is 0 Å². The number of carboxylic acid groups (broad SMARTS) is 1. The Morgan fingerprint density at radius 3 is 2.39 bits per heavy atom. The van der Waals surface area contributed by atoms with E-state index in [0.29, 0.717) is 0 Å². The van der Waals surface area contributed by atoms with Crippen LogP contribution in [0.3, 0.4) is 0 Å². The zero-order chi connectivity index (χ0) is 24.7. The van der Waals surface area contributed by atoms with Crippen LogP contribution in [0.25, 0.3) is 11.3 Å². The Labute approximate surface area is 218 Å². The van der Waals surface area contributed by atoms with E-state index in [-0.39, 0.29) is 5.92 Å². The number of hydrogen-bond donors (Lipinski definition) is 2. The lowest BCUT2D eigenvalue weighted by molar-refractivity contribution is -0.143. The van der Waals surface area contributed by atoms with Gasteiger partial charge in [-0.05, 0) is 74.4 Å². The highest BCUT2D eigenvalue weighted by atomic mass is 32.1. The van der Waals surface area contributed by atoms with E-state index in [1.807, 2.05) is 0 Å². The second-order valence-electron chi connectivity index (χ2n) is 10.3. The minimum atomic E-state index is -0.660. The van der Waals surface area contributed by atoms with Gasteiger partial charge in [-0.25, -0.2) is 4.98 Å². The fourth-order valence-corrected chi connectivity index (χ4v) is 6.39. The monoisotopic (exact) mass is 503 g/mol. The maximum Gasteiger partial charge on any atom is 0.306 e. The van der Waals surface area contributed by atoms with Crippen LogP contribution in [0.5, 0.6) is 0 Å². The molecule has 190 valence electrons. The van der Waals surface area contributed by atoms with Gasteiger partial charge in [0.2, 0.25) is 0 Å². The van der Waals surface area contributed by atoms with Crippen LogP contribution in [0.4, 0.5) is 5.69 Å². The number of nitrogens with zero attached hydrogens (tertiary/aromatic N) is 2. The normalized spacial score (nSPS) is 17.8. The topological polar surface area (TPSA) is 65.5 Å². The summed E-state index contributed by atoms with van der Waals surface area (Å²) >= 11 is 1.69. The Morgan fingerprint density at radius 1 is 0.972 bits per heavy atom. The van der Waals surface area contributed by atoms with Crippen molar-refractivity contribution < 1.29 is 9.90 Å². The van der Waals surface area contributed by atoms with Gasteiger partial charge in [0.25, 0.3) is 0 Å². The van der Waals surface area contributed by atoms with Gasteiger partial charge < -0.3 is 10.4 Å². The summed E-state index contributed by atoms with van der Waals surface area (Å²) in [4.78, 5) is 18.3. The molecule has 2 aromatic carbocycles. The predicted octanol–water partition coefficient (Wildman–Crippen LogP) is 6.81. The molecule has 1 aliphatic carbocycles. The average molecular weight is 504 g/mol. The maximum absolute atomic E-state index is 11.2. The summed E-state index contributed by atoms with van der Waals surface area (Å²) in [5.41, 5.74) is 6.19. The number of carboxylic acids is 1. The molecule has 36 heavy (non-hydrogen) atoms. The van der Waals surface area contributed by atoms with Gasteiger partial charge in [-0.3, -0.25) is 9.69 Å². The van der Waals surface area contributed by atoms with E-state index in [9.17, 15) is 9.90 Å². The number of anilines is 1. The summed E-state index contributed by atoms with van der Waals surface area (Å²) in [5, 5.41) is 16.0. The van der Waals surface area contributed by atoms with Gasteiger partial charge >= 0.3 is 5.97 Å². The van der Waals surface area contributed by atoms with Crippen LogP contribution < -0.4 is 5.32 Å². The predicted molar refractivity (Wildman–Crippen MR) is 148 cm³/mol. The molecule has 2 fully saturated rings. The van der Waals surface area contributed by atoms with Crippen LogP contribution in [-0.2, 0) is 17.8 Å². The van der Waals surface area contributed by atoms with Gasteiger partial charge in [0.05, 0.1) is 18.2 Å². The number of hydrogen-bond acceptors (Lipinski definition) is 5. The zero-order valence-corrected chi connectivity index (χ0v) is 21.8. The molecule has 0 radical (unpaired) electrons. The number of rotatable bonds is 9. The Bertz CT molecular complexity index is 1110. The molecule has 0 amide bonds. The number of nitrogens with one attached hydrogen (secondary N) is 1. The van der Waals surface area contributed by atoms with Gasteiger partial charge in [-0.15, -0.1) is 11.3 Å². The SMILES string of the molecule is O=C(O)C1CCN(Cc2nc(-c3ccc(NCCc4ccc(C5CCCCC5)cc4)cc3)cs2)CC1. The lowest BCUT2D eigenvalue weighted by Crippen LogP contribution is -2.35. The van der Waals surface area contributed by atoms with E-state index < -0.39 is 5.97 Å². The van der Waals surface area contributed by atoms with Crippen LogP contribution >= 0.6 is 11.3 Å². The van der Waals surface area contributed by atoms with Gasteiger partial charge in [-0.2, -0.15) is 0 Å². The van der Waals surface area contributed by atoms with E-state index in [2.05, 4.69) is 64.1 Å². The molecule has 5 nitrogen and oxygen atoms in total. The largest absolute Gasteiger partial charge is 0.481 e. The molecule has 2 aliphatic rings. The van der Waals surface area contributed by atoms with E-state index in [4.69, 9.17) is 4.98 Å². The quantitative estimate of drug-likeness (QED) is 0.336. The van der Waals surface area contributed by atoms with Crippen LogP contribution in [0.1, 0.15) is 67.0 Å². The summed E-state index contributed by atoms with van der Waals surface area (Å²) in [7, 11) is 0. The van der Waals surface area contributed by atoms with E-state index in [1.165, 1.54) is 43.2 Å². The second-order valence-corrected chi connectivity index (χ2v) is 11.3. The number of likely N-dealkylation sites (tertiary alicyclic amines) is 1. The first kappa shape index (κ1) is 25.0. The smallest absolute Gasteiger partial charge is 0.306 e. The van der Waals surface area contributed by atoms with Crippen molar-refractivity contribution in [3.63, 3.8) is 0 Å². The minimum Gasteiger partial charge on any atom is -0.481 e. The fraction of sp³-hybridized carbons (Fsp3) is 0.467. The van der Waals surface area contributed by atoms with Crippen LogP contribution in [0, 0.1) is 5.92 Å². The molecule has 2 N–H and O–H groups in total. The maximum atomic E-state index is 11.2. The average Bonchev–Trinajstić information content (AvgIpc) is 3.39. The first-order valence-corrected chi connectivity index (χ1v) is 14.3. The van der Waals surface area contributed by atoms with Crippen molar-refractivity contribution in [1.82, 2.24) is 9.88 Å². The van der Waals surface area contributed by atoms with Crippen LogP contribution in [-0.4, -0.2) is 40.6 Å². The fourth-order valence-electron chi connectivity index (χ4n) is 5.55. The lowest BCUT2D eigenvalue weighted by atomic mass is 9.84. The van der Waals surface area contributed by atoms with Gasteiger partial charge in [-0.1, -0.05) is 55.7 Å². The molecule has 0 atom stereocenters. The minimum absolute atomic E-state index is 0.188. The second kappa shape index (κ2) is 12.0. The summed E-state index contributed by atoms with van der Waals surface area (Å²) < 4.78 is 0. The van der Waals surface area contributed by atoms with Crippen molar-refractivity contribution >= 4 is 23.0 Å². The Morgan fingerprint density at radius 2 is 1.69 bits per heavy atom. The first-order valence-electron chi connectivity index (χ1n) is 13.5. The van der Waals surface area contributed by atoms with Crippen LogP contribution in [0.15, 0.2) is 53.9 Å². The molecule has 2 heterocycles. The Hall–Kier alpha value is -2.70. The Balaban J connectivity index is 1.07. The summed E-state index contributed by atoms with van der Waals surface area (Å²) in [6.45, 7) is 3.38. The van der Waals surface area contributed by atoms with Crippen molar-refractivity contribution in [3.05, 3.63) is 70.0 Å². The molecule has 0 bridgehead atoms. The molecule has 0 unspecified atom stereocenters. The first-order chi connectivity index (χ1) is 17.6. The number of thiazole rings is 1. The molecule has 1 saturated heterocycles. The third-order valence-corrected chi connectivity index (χ3v) is 8.66. The van der Waals surface area contributed by atoms with Crippen molar-refractivity contribution in [2.75, 3.05) is 25.0 Å². The zero-order valence-electron chi connectivity index (χ0n) is 21.0. The molecule has 0 spiro atoms. The van der Waals surface area contributed by atoms with Gasteiger partial charge in [0.1, 0.15) is 5.01 Å². The van der Waals surface area contributed by atoms with E-state index in [0.717, 1.165) is 73.3 Å². The molecule has 1 aliphatic heterocycles. The molecule has 3 aromatic rings. The summed E-state index contributed by atoms with van der Waals surface area (Å²) in [5.74, 6) is -0.0748. The number of benzene rings is 2. The van der Waals surface area contributed by atoms with Crippen molar-refractivity contribution in [1.29, 1.82) is 0 Å². The standard InChI is InChI=1S/C30H37N3O2S/c34-30(35)26-15-18-33(19-16-26)20-29-32-28(21-36-29)25-10-12-27(13-11-25)31-17-14-22-6-8-24(9-7-22)23-4-2-1-3-5-23/h6-13,21,23,26,31H,1-5,14-20H2,(H,34,35). The summed E-state index contributed by atoms with van der Waals surface area (Å²) in [6, 6.07) is 17.9. The van der Waals surface area contributed by atoms with Crippen molar-refractivity contribution in [3.8, 4) is 11.3 Å². The molecule has 6 heteroatoms. The number of piperidine rings is 1. The van der Waals surface area contributed by atoms with Crippen molar-refractivity contribution in [2.24, 2.45) is 5.92 Å².